The number of amides is 1. The Morgan fingerprint density at radius 1 is 1.09 bits per heavy atom. The first kappa shape index (κ1) is 24.9. The van der Waals surface area contributed by atoms with Crippen molar-refractivity contribution in [3.05, 3.63) is 59.8 Å². The van der Waals surface area contributed by atoms with Gasteiger partial charge in [-0.2, -0.15) is 0 Å². The smallest absolute Gasteiger partial charge is 0.316 e. The molecule has 4 rings (SSSR count). The third kappa shape index (κ3) is 6.29. The maximum absolute atomic E-state index is 13.9. The molecule has 9 heteroatoms. The molecule has 1 N–H and O–H groups in total. The van der Waals surface area contributed by atoms with Gasteiger partial charge in [0, 0.05) is 31.1 Å². The van der Waals surface area contributed by atoms with E-state index in [9.17, 15) is 9.18 Å². The maximum atomic E-state index is 13.9. The van der Waals surface area contributed by atoms with E-state index in [0.29, 0.717) is 31.3 Å². The van der Waals surface area contributed by atoms with Crippen LogP contribution >= 0.6 is 0 Å². The second-order valence-electron chi connectivity index (χ2n) is 8.78. The molecule has 1 aliphatic rings. The fraction of sp³-hybridized carbons (Fsp3) is 0.462. The second-order valence-corrected chi connectivity index (χ2v) is 8.78. The van der Waals surface area contributed by atoms with Gasteiger partial charge >= 0.3 is 6.01 Å². The number of benzene rings is 1. The van der Waals surface area contributed by atoms with E-state index in [1.807, 2.05) is 6.07 Å². The Balaban J connectivity index is 1.43. The van der Waals surface area contributed by atoms with Gasteiger partial charge in [0.25, 0.3) is 5.91 Å². The predicted molar refractivity (Wildman–Crippen MR) is 129 cm³/mol. The standard InChI is InChI=1S/C26H31FN4O4/c1-33-11-12-35-16-24(31-25(32)19-14-29-26(34-2)30-15-19)18-5-3-17(4-6-18)21-9-10-28-23-8-7-20(27)13-22(21)23/h7-10,13-15,17-18,24H,3-6,11-12,16H2,1-2H3,(H,31,32)/t17-,18+,24?. The summed E-state index contributed by atoms with van der Waals surface area (Å²) in [5.41, 5.74) is 2.32. The molecule has 2 aromatic heterocycles. The number of hydrogen-bond donors (Lipinski definition) is 1. The summed E-state index contributed by atoms with van der Waals surface area (Å²) in [6.45, 7) is 1.34. The van der Waals surface area contributed by atoms with Gasteiger partial charge in [-0.05, 0) is 67.3 Å². The maximum Gasteiger partial charge on any atom is 0.316 e. The number of methoxy groups -OCH3 is 2. The lowest BCUT2D eigenvalue weighted by Crippen LogP contribution is -2.45. The normalized spacial score (nSPS) is 18.8. The third-order valence-electron chi connectivity index (χ3n) is 6.64. The van der Waals surface area contributed by atoms with Gasteiger partial charge in [-0.15, -0.1) is 0 Å². The fourth-order valence-electron chi connectivity index (χ4n) is 4.77. The van der Waals surface area contributed by atoms with E-state index < -0.39 is 0 Å². The minimum Gasteiger partial charge on any atom is -0.467 e. The molecular weight excluding hydrogens is 451 g/mol. The molecule has 8 nitrogen and oxygen atoms in total. The van der Waals surface area contributed by atoms with Crippen LogP contribution in [0.1, 0.15) is 47.5 Å². The molecule has 1 saturated carbocycles. The number of hydrogen-bond acceptors (Lipinski definition) is 7. The monoisotopic (exact) mass is 482 g/mol. The molecule has 0 bridgehead atoms. The van der Waals surface area contributed by atoms with Crippen LogP contribution in [0.4, 0.5) is 4.39 Å². The summed E-state index contributed by atoms with van der Waals surface area (Å²) in [7, 11) is 3.10. The second kappa shape index (κ2) is 12.0. The van der Waals surface area contributed by atoms with Crippen LogP contribution in [0.5, 0.6) is 6.01 Å². The number of rotatable bonds is 10. The molecule has 1 amide bonds. The van der Waals surface area contributed by atoms with Gasteiger partial charge in [0.05, 0.1) is 44.1 Å². The number of carbonyl (C=O) groups is 1. The minimum absolute atomic E-state index is 0.158. The lowest BCUT2D eigenvalue weighted by Gasteiger charge is -2.34. The number of halogens is 1. The Morgan fingerprint density at radius 3 is 2.57 bits per heavy atom. The van der Waals surface area contributed by atoms with Gasteiger partial charge in [0.2, 0.25) is 0 Å². The predicted octanol–water partition coefficient (Wildman–Crippen LogP) is 3.91. The van der Waals surface area contributed by atoms with Crippen molar-refractivity contribution in [2.75, 3.05) is 34.0 Å². The fourth-order valence-corrected chi connectivity index (χ4v) is 4.77. The zero-order valence-corrected chi connectivity index (χ0v) is 20.1. The first-order valence-electron chi connectivity index (χ1n) is 11.9. The quantitative estimate of drug-likeness (QED) is 0.438. The van der Waals surface area contributed by atoms with Gasteiger partial charge < -0.3 is 19.5 Å². The Bertz CT molecular complexity index is 1120. The largest absolute Gasteiger partial charge is 0.467 e. The molecule has 1 aliphatic carbocycles. The van der Waals surface area contributed by atoms with E-state index in [2.05, 4.69) is 20.3 Å². The van der Waals surface area contributed by atoms with Crippen LogP contribution < -0.4 is 10.1 Å². The van der Waals surface area contributed by atoms with Crippen LogP contribution in [-0.2, 0) is 9.47 Å². The van der Waals surface area contributed by atoms with E-state index in [1.54, 1.807) is 25.4 Å². The van der Waals surface area contributed by atoms with Crippen molar-refractivity contribution in [2.45, 2.75) is 37.6 Å². The molecule has 1 unspecified atom stereocenters. The van der Waals surface area contributed by atoms with E-state index in [4.69, 9.17) is 14.2 Å². The molecule has 1 fully saturated rings. The van der Waals surface area contributed by atoms with Crippen LogP contribution in [0.25, 0.3) is 10.9 Å². The molecule has 35 heavy (non-hydrogen) atoms. The molecule has 0 spiro atoms. The molecule has 1 aromatic carbocycles. The molecule has 0 saturated heterocycles. The zero-order valence-electron chi connectivity index (χ0n) is 20.1. The Morgan fingerprint density at radius 2 is 1.86 bits per heavy atom. The van der Waals surface area contributed by atoms with Gasteiger partial charge in [-0.3, -0.25) is 9.78 Å². The third-order valence-corrected chi connectivity index (χ3v) is 6.64. The van der Waals surface area contributed by atoms with E-state index in [1.165, 1.54) is 25.6 Å². The van der Waals surface area contributed by atoms with E-state index in [0.717, 1.165) is 42.1 Å². The minimum atomic E-state index is -0.251. The van der Waals surface area contributed by atoms with Crippen LogP contribution in [-0.4, -0.2) is 60.9 Å². The number of ether oxygens (including phenoxy) is 3. The highest BCUT2D eigenvalue weighted by atomic mass is 19.1. The van der Waals surface area contributed by atoms with Crippen LogP contribution in [0.3, 0.4) is 0 Å². The Labute approximate surface area is 204 Å². The van der Waals surface area contributed by atoms with Crippen LogP contribution in [0.15, 0.2) is 42.9 Å². The lowest BCUT2D eigenvalue weighted by atomic mass is 9.75. The van der Waals surface area contributed by atoms with Crippen molar-refractivity contribution < 1.29 is 23.4 Å². The first-order valence-corrected chi connectivity index (χ1v) is 11.9. The highest BCUT2D eigenvalue weighted by molar-refractivity contribution is 5.93. The van der Waals surface area contributed by atoms with Crippen molar-refractivity contribution in [1.29, 1.82) is 0 Å². The summed E-state index contributed by atoms with van der Waals surface area (Å²) in [6.07, 6.45) is 8.42. The molecule has 186 valence electrons. The lowest BCUT2D eigenvalue weighted by molar-refractivity contribution is 0.0422. The summed E-state index contributed by atoms with van der Waals surface area (Å²) < 4.78 is 29.8. The molecule has 0 aliphatic heterocycles. The SMILES string of the molecule is COCCOCC(NC(=O)c1cnc(OC)nc1)[C@H]1CC[C@@H](c2ccnc3ccc(F)cc32)CC1. The molecule has 0 radical (unpaired) electrons. The van der Waals surface area contributed by atoms with Crippen molar-refractivity contribution in [3.8, 4) is 6.01 Å². The summed E-state index contributed by atoms with van der Waals surface area (Å²) in [5, 5.41) is 4.00. The van der Waals surface area contributed by atoms with Gasteiger partial charge in [-0.1, -0.05) is 0 Å². The highest BCUT2D eigenvalue weighted by Crippen LogP contribution is 2.39. The summed E-state index contributed by atoms with van der Waals surface area (Å²) in [6, 6.07) is 6.81. The van der Waals surface area contributed by atoms with Crippen LogP contribution in [0, 0.1) is 11.7 Å². The van der Waals surface area contributed by atoms with Crippen molar-refractivity contribution in [3.63, 3.8) is 0 Å². The first-order chi connectivity index (χ1) is 17.1. The summed E-state index contributed by atoms with van der Waals surface area (Å²) >= 11 is 0. The van der Waals surface area contributed by atoms with Gasteiger partial charge in [0.1, 0.15) is 5.82 Å². The molecule has 3 aromatic rings. The van der Waals surface area contributed by atoms with Gasteiger partial charge in [-0.25, -0.2) is 14.4 Å². The molecule has 1 atom stereocenters. The topological polar surface area (TPSA) is 95.5 Å². The average molecular weight is 483 g/mol. The number of aromatic nitrogens is 3. The number of pyridine rings is 1. The Kier molecular flexibility index (Phi) is 8.54. The van der Waals surface area contributed by atoms with E-state index in [-0.39, 0.29) is 29.7 Å². The number of nitrogens with zero attached hydrogens (tertiary/aromatic N) is 3. The van der Waals surface area contributed by atoms with Crippen molar-refractivity contribution in [1.82, 2.24) is 20.3 Å². The molecule has 2 heterocycles. The number of nitrogens with one attached hydrogen (secondary N) is 1. The van der Waals surface area contributed by atoms with E-state index >= 15 is 0 Å². The average Bonchev–Trinajstić information content (AvgIpc) is 2.90. The number of carbonyl (C=O) groups excluding carboxylic acids is 1. The summed E-state index contributed by atoms with van der Waals surface area (Å²) in [4.78, 5) is 25.3. The van der Waals surface area contributed by atoms with Crippen molar-refractivity contribution >= 4 is 16.8 Å². The molecular formula is C26H31FN4O4. The van der Waals surface area contributed by atoms with Gasteiger partial charge in [0.15, 0.2) is 0 Å². The number of fused-ring (bicyclic) bond motifs is 1. The van der Waals surface area contributed by atoms with Crippen LogP contribution in [0.2, 0.25) is 0 Å². The highest BCUT2D eigenvalue weighted by Gasteiger charge is 2.30. The zero-order chi connectivity index (χ0) is 24.6. The van der Waals surface area contributed by atoms with Crippen molar-refractivity contribution in [2.24, 2.45) is 5.92 Å². The Hall–Kier alpha value is -3.17. The summed E-state index contributed by atoms with van der Waals surface area (Å²) in [5.74, 6) is 0.0747.